The average Bonchev–Trinajstić information content (AvgIpc) is 2.55. The van der Waals surface area contributed by atoms with Gasteiger partial charge < -0.3 is 25.2 Å². The molecule has 23 heavy (non-hydrogen) atoms. The van der Waals surface area contributed by atoms with Crippen molar-refractivity contribution in [2.45, 2.75) is 6.42 Å². The summed E-state index contributed by atoms with van der Waals surface area (Å²) in [6, 6.07) is 6.76. The third-order valence-electron chi connectivity index (χ3n) is 2.77. The van der Waals surface area contributed by atoms with Crippen molar-refractivity contribution in [3.05, 3.63) is 30.0 Å². The Balaban J connectivity index is 2.78. The number of anilines is 1. The van der Waals surface area contributed by atoms with Crippen molar-refractivity contribution in [3.63, 3.8) is 0 Å². The normalized spacial score (nSPS) is 10.4. The third kappa shape index (κ3) is 5.59. The van der Waals surface area contributed by atoms with Crippen molar-refractivity contribution < 1.29 is 24.2 Å². The van der Waals surface area contributed by atoms with E-state index >= 15 is 0 Å². The molecule has 0 aliphatic heterocycles. The number of aliphatic carboxylic acids is 1. The number of carboxylic acids is 1. The molecule has 1 amide bonds. The van der Waals surface area contributed by atoms with Crippen LogP contribution < -0.4 is 20.1 Å². The van der Waals surface area contributed by atoms with Gasteiger partial charge in [-0.15, -0.1) is 0 Å². The van der Waals surface area contributed by atoms with Crippen LogP contribution in [0.4, 0.5) is 5.69 Å². The number of methoxy groups -OCH3 is 2. The smallest absolute Gasteiger partial charge is 0.305 e. The standard InChI is InChI=1S/C15H17N3O5/c1-22-11-3-4-12(13(7-11)23-2)18-9-10(8-16)15(21)17-6-5-14(19)20/h3-4,7,9,18H,5-6H2,1-2H3,(H,17,21)(H,19,20)/b10-9-. The summed E-state index contributed by atoms with van der Waals surface area (Å²) in [5, 5.41) is 22.7. The van der Waals surface area contributed by atoms with Gasteiger partial charge in [0.15, 0.2) is 0 Å². The number of carbonyl (C=O) groups is 2. The van der Waals surface area contributed by atoms with E-state index in [4.69, 9.17) is 19.8 Å². The summed E-state index contributed by atoms with van der Waals surface area (Å²) < 4.78 is 10.3. The maximum absolute atomic E-state index is 11.7. The molecule has 0 heterocycles. The number of nitriles is 1. The van der Waals surface area contributed by atoms with Crippen LogP contribution in [0, 0.1) is 11.3 Å². The Morgan fingerprint density at radius 2 is 2.09 bits per heavy atom. The molecule has 1 aromatic rings. The summed E-state index contributed by atoms with van der Waals surface area (Å²) >= 11 is 0. The van der Waals surface area contributed by atoms with Gasteiger partial charge in [0.2, 0.25) is 0 Å². The fraction of sp³-hybridized carbons (Fsp3) is 0.267. The Labute approximate surface area is 133 Å². The summed E-state index contributed by atoms with van der Waals surface area (Å²) in [5.74, 6) is -0.616. The predicted octanol–water partition coefficient (Wildman–Crippen LogP) is 1.11. The Bertz CT molecular complexity index is 649. The van der Waals surface area contributed by atoms with Crippen molar-refractivity contribution in [2.24, 2.45) is 0 Å². The molecule has 0 bridgehead atoms. The quantitative estimate of drug-likeness (QED) is 0.485. The molecule has 8 nitrogen and oxygen atoms in total. The zero-order valence-corrected chi connectivity index (χ0v) is 12.8. The Kier molecular flexibility index (Phi) is 6.94. The molecule has 0 aliphatic carbocycles. The van der Waals surface area contributed by atoms with Gasteiger partial charge in [-0.05, 0) is 12.1 Å². The van der Waals surface area contributed by atoms with E-state index in [1.807, 2.05) is 0 Å². The van der Waals surface area contributed by atoms with Crippen LogP contribution >= 0.6 is 0 Å². The molecule has 0 fully saturated rings. The number of benzene rings is 1. The van der Waals surface area contributed by atoms with Crippen LogP contribution in [0.5, 0.6) is 11.5 Å². The largest absolute Gasteiger partial charge is 0.497 e. The van der Waals surface area contributed by atoms with E-state index in [-0.39, 0.29) is 18.5 Å². The highest BCUT2D eigenvalue weighted by Gasteiger charge is 2.10. The number of nitrogens with zero attached hydrogens (tertiary/aromatic N) is 1. The summed E-state index contributed by atoms with van der Waals surface area (Å²) in [7, 11) is 3.00. The van der Waals surface area contributed by atoms with Crippen molar-refractivity contribution >= 4 is 17.6 Å². The summed E-state index contributed by atoms with van der Waals surface area (Å²) in [6.45, 7) is -0.0565. The lowest BCUT2D eigenvalue weighted by molar-refractivity contribution is -0.136. The Morgan fingerprint density at radius 1 is 1.35 bits per heavy atom. The van der Waals surface area contributed by atoms with Crippen molar-refractivity contribution in [1.29, 1.82) is 5.26 Å². The predicted molar refractivity (Wildman–Crippen MR) is 82.1 cm³/mol. The Morgan fingerprint density at radius 3 is 2.65 bits per heavy atom. The fourth-order valence-electron chi connectivity index (χ4n) is 1.59. The zero-order chi connectivity index (χ0) is 17.2. The molecule has 1 rings (SSSR count). The van der Waals surface area contributed by atoms with Gasteiger partial charge in [-0.2, -0.15) is 5.26 Å². The first-order valence-electron chi connectivity index (χ1n) is 6.60. The number of amides is 1. The first-order chi connectivity index (χ1) is 11.0. The highest BCUT2D eigenvalue weighted by molar-refractivity contribution is 5.97. The van der Waals surface area contributed by atoms with Crippen LogP contribution in [0.1, 0.15) is 6.42 Å². The molecule has 0 saturated heterocycles. The number of hydrogen-bond donors (Lipinski definition) is 3. The number of ether oxygens (including phenoxy) is 2. The summed E-state index contributed by atoms with van der Waals surface area (Å²) in [6.07, 6.45) is 1.00. The van der Waals surface area contributed by atoms with Gasteiger partial charge in [0.25, 0.3) is 5.91 Å². The summed E-state index contributed by atoms with van der Waals surface area (Å²) in [5.41, 5.74) is 0.354. The first-order valence-corrected chi connectivity index (χ1v) is 6.60. The second-order valence-electron chi connectivity index (χ2n) is 4.28. The molecule has 122 valence electrons. The minimum Gasteiger partial charge on any atom is -0.497 e. The first kappa shape index (κ1) is 17.8. The molecular weight excluding hydrogens is 302 g/mol. The molecule has 0 aromatic heterocycles. The molecular formula is C15H17N3O5. The number of nitrogens with one attached hydrogen (secondary N) is 2. The van der Waals surface area contributed by atoms with Crippen molar-refractivity contribution in [1.82, 2.24) is 5.32 Å². The molecule has 0 aliphatic rings. The lowest BCUT2D eigenvalue weighted by Gasteiger charge is -2.10. The average molecular weight is 319 g/mol. The SMILES string of the molecule is COc1ccc(N/C=C(/C#N)C(=O)NCCC(=O)O)c(OC)c1. The van der Waals surface area contributed by atoms with Gasteiger partial charge in [0, 0.05) is 18.8 Å². The highest BCUT2D eigenvalue weighted by atomic mass is 16.5. The minimum absolute atomic E-state index is 0.0565. The number of carboxylic acid groups (broad SMARTS) is 1. The van der Waals surface area contributed by atoms with Crippen LogP contribution in [0.2, 0.25) is 0 Å². The number of hydrogen-bond acceptors (Lipinski definition) is 6. The molecule has 0 atom stereocenters. The topological polar surface area (TPSA) is 121 Å². The third-order valence-corrected chi connectivity index (χ3v) is 2.77. The number of rotatable bonds is 8. The maximum Gasteiger partial charge on any atom is 0.305 e. The lowest BCUT2D eigenvalue weighted by atomic mass is 10.2. The molecule has 0 unspecified atom stereocenters. The van der Waals surface area contributed by atoms with Crippen LogP contribution in [0.15, 0.2) is 30.0 Å². The molecule has 0 saturated carbocycles. The monoisotopic (exact) mass is 319 g/mol. The molecule has 1 aromatic carbocycles. The highest BCUT2D eigenvalue weighted by Crippen LogP contribution is 2.29. The zero-order valence-electron chi connectivity index (χ0n) is 12.8. The van der Waals surface area contributed by atoms with Gasteiger partial charge in [0.1, 0.15) is 23.1 Å². The van der Waals surface area contributed by atoms with E-state index in [1.54, 1.807) is 24.3 Å². The molecule has 8 heteroatoms. The molecule has 3 N–H and O–H groups in total. The number of carbonyl (C=O) groups excluding carboxylic acids is 1. The van der Waals surface area contributed by atoms with E-state index in [9.17, 15) is 9.59 Å². The fourth-order valence-corrected chi connectivity index (χ4v) is 1.59. The van der Waals surface area contributed by atoms with Crippen LogP contribution in [-0.2, 0) is 9.59 Å². The van der Waals surface area contributed by atoms with Gasteiger partial charge in [-0.1, -0.05) is 0 Å². The maximum atomic E-state index is 11.7. The van der Waals surface area contributed by atoms with Crippen LogP contribution in [0.3, 0.4) is 0 Å². The van der Waals surface area contributed by atoms with Crippen molar-refractivity contribution in [3.8, 4) is 17.6 Å². The van der Waals surface area contributed by atoms with E-state index in [1.165, 1.54) is 20.4 Å². The van der Waals surface area contributed by atoms with Crippen LogP contribution in [0.25, 0.3) is 0 Å². The minimum atomic E-state index is -1.03. The van der Waals surface area contributed by atoms with Gasteiger partial charge in [0.05, 0.1) is 26.3 Å². The van der Waals surface area contributed by atoms with E-state index in [0.29, 0.717) is 17.2 Å². The van der Waals surface area contributed by atoms with E-state index in [0.717, 1.165) is 0 Å². The van der Waals surface area contributed by atoms with Crippen LogP contribution in [-0.4, -0.2) is 37.7 Å². The van der Waals surface area contributed by atoms with Gasteiger partial charge in [-0.3, -0.25) is 9.59 Å². The van der Waals surface area contributed by atoms with Crippen molar-refractivity contribution in [2.75, 3.05) is 26.1 Å². The second kappa shape index (κ2) is 8.94. The lowest BCUT2D eigenvalue weighted by Crippen LogP contribution is -2.27. The van der Waals surface area contributed by atoms with Gasteiger partial charge in [-0.25, -0.2) is 0 Å². The molecule has 0 radical (unpaired) electrons. The molecule has 0 spiro atoms. The summed E-state index contributed by atoms with van der Waals surface area (Å²) in [4.78, 5) is 22.1. The Hall–Kier alpha value is -3.21. The van der Waals surface area contributed by atoms with E-state index < -0.39 is 11.9 Å². The van der Waals surface area contributed by atoms with E-state index in [2.05, 4.69) is 10.6 Å². The van der Waals surface area contributed by atoms with Gasteiger partial charge >= 0.3 is 5.97 Å². The second-order valence-corrected chi connectivity index (χ2v) is 4.28.